The van der Waals surface area contributed by atoms with Gasteiger partial charge in [-0.2, -0.15) is 0 Å². The van der Waals surface area contributed by atoms with Crippen molar-refractivity contribution in [2.75, 3.05) is 19.6 Å². The topological polar surface area (TPSA) is 41.1 Å². The molecule has 1 aliphatic rings. The molecular weight excluding hydrogens is 340 g/mol. The average Bonchev–Trinajstić information content (AvgIpc) is 2.54. The Morgan fingerprint density at radius 3 is 2.46 bits per heavy atom. The van der Waals surface area contributed by atoms with Crippen LogP contribution >= 0.6 is 24.2 Å². The second-order valence-electron chi connectivity index (χ2n) is 7.24. The predicted octanol–water partition coefficient (Wildman–Crippen LogP) is 3.87. The van der Waals surface area contributed by atoms with E-state index >= 15 is 0 Å². The van der Waals surface area contributed by atoms with Crippen molar-refractivity contribution in [3.8, 4) is 0 Å². The number of thioether (sulfide) groups is 1. The fourth-order valence-corrected chi connectivity index (χ4v) is 4.12. The number of carbonyl (C=O) groups excluding carboxylic acids is 1. The molecule has 1 amide bonds. The van der Waals surface area contributed by atoms with E-state index in [1.54, 1.807) is 11.8 Å². The molecule has 2 N–H and O–H groups in total. The zero-order chi connectivity index (χ0) is 16.7. The van der Waals surface area contributed by atoms with Crippen LogP contribution in [0.4, 0.5) is 0 Å². The molecule has 1 heterocycles. The number of piperidine rings is 1. The Morgan fingerprint density at radius 1 is 1.25 bits per heavy atom. The van der Waals surface area contributed by atoms with E-state index in [0.717, 1.165) is 38.2 Å². The van der Waals surface area contributed by atoms with Crippen LogP contribution < -0.4 is 10.6 Å². The van der Waals surface area contributed by atoms with Gasteiger partial charge < -0.3 is 10.6 Å². The maximum atomic E-state index is 12.6. The van der Waals surface area contributed by atoms with Gasteiger partial charge in [0.25, 0.3) is 0 Å². The maximum absolute atomic E-state index is 12.6. The van der Waals surface area contributed by atoms with Crippen LogP contribution in [-0.2, 0) is 10.5 Å². The second-order valence-corrected chi connectivity index (χ2v) is 8.37. The van der Waals surface area contributed by atoms with Crippen LogP contribution in [0.2, 0.25) is 0 Å². The Balaban J connectivity index is 0.00000288. The van der Waals surface area contributed by atoms with Crippen molar-refractivity contribution >= 4 is 30.1 Å². The number of benzene rings is 1. The van der Waals surface area contributed by atoms with E-state index in [1.807, 2.05) is 6.07 Å². The lowest BCUT2D eigenvalue weighted by Crippen LogP contribution is -2.45. The molecule has 0 bridgehead atoms. The van der Waals surface area contributed by atoms with Crippen molar-refractivity contribution in [1.82, 2.24) is 10.6 Å². The summed E-state index contributed by atoms with van der Waals surface area (Å²) in [5.41, 5.74) is 1.52. The number of rotatable bonds is 7. The quantitative estimate of drug-likeness (QED) is 0.765. The molecule has 0 aromatic heterocycles. The summed E-state index contributed by atoms with van der Waals surface area (Å²) < 4.78 is 0. The Bertz CT molecular complexity index is 489. The van der Waals surface area contributed by atoms with Crippen molar-refractivity contribution in [3.63, 3.8) is 0 Å². The fraction of sp³-hybridized carbons (Fsp3) is 0.632. The van der Waals surface area contributed by atoms with E-state index in [-0.39, 0.29) is 29.0 Å². The molecule has 136 valence electrons. The first-order chi connectivity index (χ1) is 11.0. The molecule has 1 atom stereocenters. The van der Waals surface area contributed by atoms with Gasteiger partial charge in [-0.25, -0.2) is 0 Å². The average molecular weight is 371 g/mol. The highest BCUT2D eigenvalue weighted by atomic mass is 35.5. The molecule has 1 aromatic carbocycles. The predicted molar refractivity (Wildman–Crippen MR) is 107 cm³/mol. The molecule has 2 rings (SSSR count). The normalized spacial score (nSPS) is 17.8. The molecule has 1 fully saturated rings. The standard InChI is InChI=1S/C19H30N2OS.ClH/c1-15(2)17(23-13-16-7-5-4-6-8-16)18(22)21-14-19(3)9-11-20-12-10-19;/h4-8,15,17,20H,9-14H2,1-3H3,(H,21,22);1H. The van der Waals surface area contributed by atoms with Crippen molar-refractivity contribution < 1.29 is 4.79 Å². The SMILES string of the molecule is CC(C)C(SCc1ccccc1)C(=O)NCC1(C)CCNCC1.Cl. The van der Waals surface area contributed by atoms with Gasteiger partial charge in [0.05, 0.1) is 5.25 Å². The number of hydrogen-bond acceptors (Lipinski definition) is 3. The summed E-state index contributed by atoms with van der Waals surface area (Å²) in [6.07, 6.45) is 2.27. The van der Waals surface area contributed by atoms with Gasteiger partial charge in [0.1, 0.15) is 0 Å². The number of amides is 1. The van der Waals surface area contributed by atoms with Gasteiger partial charge in [-0.05, 0) is 42.8 Å². The minimum absolute atomic E-state index is 0. The fourth-order valence-electron chi connectivity index (χ4n) is 2.94. The van der Waals surface area contributed by atoms with Gasteiger partial charge in [0, 0.05) is 12.3 Å². The molecule has 5 heteroatoms. The van der Waals surface area contributed by atoms with E-state index in [1.165, 1.54) is 5.56 Å². The summed E-state index contributed by atoms with van der Waals surface area (Å²) >= 11 is 1.75. The van der Waals surface area contributed by atoms with E-state index in [4.69, 9.17) is 0 Å². The zero-order valence-electron chi connectivity index (χ0n) is 15.0. The molecule has 0 spiro atoms. The van der Waals surface area contributed by atoms with E-state index in [0.29, 0.717) is 5.92 Å². The number of carbonyl (C=O) groups is 1. The third-order valence-corrected chi connectivity index (χ3v) is 6.25. The Hall–Kier alpha value is -0.710. The highest BCUT2D eigenvalue weighted by Crippen LogP contribution is 2.28. The Kier molecular flexibility index (Phi) is 9.17. The molecule has 1 aliphatic heterocycles. The third kappa shape index (κ3) is 6.66. The summed E-state index contributed by atoms with van der Waals surface area (Å²) in [5, 5.41) is 6.63. The molecule has 1 unspecified atom stereocenters. The lowest BCUT2D eigenvalue weighted by atomic mass is 9.81. The summed E-state index contributed by atoms with van der Waals surface area (Å²) in [7, 11) is 0. The molecule has 0 saturated carbocycles. The number of hydrogen-bond donors (Lipinski definition) is 2. The van der Waals surface area contributed by atoms with Crippen molar-refractivity contribution in [2.24, 2.45) is 11.3 Å². The Labute approximate surface area is 157 Å². The molecule has 1 saturated heterocycles. The lowest BCUT2D eigenvalue weighted by molar-refractivity contribution is -0.121. The van der Waals surface area contributed by atoms with Gasteiger partial charge >= 0.3 is 0 Å². The maximum Gasteiger partial charge on any atom is 0.233 e. The molecule has 1 aromatic rings. The Morgan fingerprint density at radius 2 is 1.88 bits per heavy atom. The van der Waals surface area contributed by atoms with Crippen LogP contribution in [-0.4, -0.2) is 30.8 Å². The molecule has 3 nitrogen and oxygen atoms in total. The van der Waals surface area contributed by atoms with Crippen LogP contribution in [0.25, 0.3) is 0 Å². The highest BCUT2D eigenvalue weighted by molar-refractivity contribution is 7.99. The summed E-state index contributed by atoms with van der Waals surface area (Å²) in [4.78, 5) is 12.6. The van der Waals surface area contributed by atoms with Crippen molar-refractivity contribution in [2.45, 2.75) is 44.6 Å². The van der Waals surface area contributed by atoms with Crippen LogP contribution in [0.3, 0.4) is 0 Å². The first-order valence-corrected chi connectivity index (χ1v) is 9.69. The highest BCUT2D eigenvalue weighted by Gasteiger charge is 2.29. The molecule has 0 radical (unpaired) electrons. The van der Waals surface area contributed by atoms with Gasteiger partial charge in [0.15, 0.2) is 0 Å². The van der Waals surface area contributed by atoms with Crippen molar-refractivity contribution in [3.05, 3.63) is 35.9 Å². The van der Waals surface area contributed by atoms with Crippen LogP contribution in [0.15, 0.2) is 30.3 Å². The minimum Gasteiger partial charge on any atom is -0.355 e. The van der Waals surface area contributed by atoms with Gasteiger partial charge in [-0.15, -0.1) is 24.2 Å². The number of halogens is 1. The van der Waals surface area contributed by atoms with Crippen LogP contribution in [0, 0.1) is 11.3 Å². The van der Waals surface area contributed by atoms with E-state index in [9.17, 15) is 4.79 Å². The molecular formula is C19H31ClN2OS. The van der Waals surface area contributed by atoms with Gasteiger partial charge in [0.2, 0.25) is 5.91 Å². The zero-order valence-corrected chi connectivity index (χ0v) is 16.6. The lowest BCUT2D eigenvalue weighted by Gasteiger charge is -2.34. The smallest absolute Gasteiger partial charge is 0.233 e. The first-order valence-electron chi connectivity index (χ1n) is 8.64. The summed E-state index contributed by atoms with van der Waals surface area (Å²) in [5.74, 6) is 1.42. The van der Waals surface area contributed by atoms with Crippen LogP contribution in [0.5, 0.6) is 0 Å². The van der Waals surface area contributed by atoms with E-state index < -0.39 is 0 Å². The van der Waals surface area contributed by atoms with E-state index in [2.05, 4.69) is 55.7 Å². The summed E-state index contributed by atoms with van der Waals surface area (Å²) in [6, 6.07) is 10.4. The second kappa shape index (κ2) is 10.3. The number of nitrogens with one attached hydrogen (secondary N) is 2. The largest absolute Gasteiger partial charge is 0.355 e. The summed E-state index contributed by atoms with van der Waals surface area (Å²) in [6.45, 7) is 9.46. The van der Waals surface area contributed by atoms with Crippen LogP contribution in [0.1, 0.15) is 39.2 Å². The third-order valence-electron chi connectivity index (χ3n) is 4.64. The molecule has 24 heavy (non-hydrogen) atoms. The minimum atomic E-state index is 0. The van der Waals surface area contributed by atoms with Gasteiger partial charge in [-0.3, -0.25) is 4.79 Å². The monoisotopic (exact) mass is 370 g/mol. The van der Waals surface area contributed by atoms with Crippen molar-refractivity contribution in [1.29, 1.82) is 0 Å². The van der Waals surface area contributed by atoms with Gasteiger partial charge in [-0.1, -0.05) is 51.1 Å². The molecule has 0 aliphatic carbocycles. The first kappa shape index (κ1) is 21.3.